The number of rotatable bonds is 15. The minimum absolute atomic E-state index is 0.0364. The lowest BCUT2D eigenvalue weighted by Gasteiger charge is -2.40. The number of nitrogens with zero attached hydrogens (tertiary/aromatic N) is 3. The normalized spacial score (nSPS) is 31.7. The Kier molecular flexibility index (Phi) is 13.5. The van der Waals surface area contributed by atoms with Gasteiger partial charge in [0.1, 0.15) is 23.7 Å². The van der Waals surface area contributed by atoms with Gasteiger partial charge in [-0.1, -0.05) is 93.9 Å². The van der Waals surface area contributed by atoms with Crippen LogP contribution in [-0.4, -0.2) is 110 Å². The van der Waals surface area contributed by atoms with E-state index in [-0.39, 0.29) is 63.8 Å². The number of hydrogen-bond acceptors (Lipinski definition) is 7. The van der Waals surface area contributed by atoms with Crippen LogP contribution in [0.5, 0.6) is 0 Å². The summed E-state index contributed by atoms with van der Waals surface area (Å²) >= 11 is -1.75. The largest absolute Gasteiger partial charge is 0.343 e. The number of amides is 5. The van der Waals surface area contributed by atoms with Crippen molar-refractivity contribution in [2.75, 3.05) is 26.2 Å². The quantitative estimate of drug-likeness (QED) is 0.181. The van der Waals surface area contributed by atoms with E-state index < -0.39 is 46.2 Å². The first-order chi connectivity index (χ1) is 27.8. The van der Waals surface area contributed by atoms with Gasteiger partial charge in [0.15, 0.2) is 11.2 Å². The third kappa shape index (κ3) is 8.14. The minimum Gasteiger partial charge on any atom is -0.343 e. The summed E-state index contributed by atoms with van der Waals surface area (Å²) in [5.41, 5.74) is -2.26. The van der Waals surface area contributed by atoms with E-state index in [1.165, 1.54) is 0 Å². The maximum atomic E-state index is 15.3. The lowest BCUT2D eigenvalue weighted by atomic mass is 9.73. The van der Waals surface area contributed by atoms with Gasteiger partial charge in [-0.2, -0.15) is 0 Å². The number of piperidine rings is 1. The molecule has 334 valence electrons. The Morgan fingerprint density at radius 3 is 1.98 bits per heavy atom. The standard InChI is InChI=1S/C45H77N7O6S/c1-11-31-26-45(31,40(57)49-59(58)50(12-2)13-3)48-37(54)33-27-44(42(9,10)43(44)23-19-24-43)28-52(33)39(56)35(41(6,7)8)47-38(55)34(30-20-15-14-16-21-30)46-36(53)32-22-17-18-25-51(32)29(4)5/h29-35H,11-28H2,1-10H3,(H,46,53)(H,47,55)(H,48,54)(H,49,57). The van der Waals surface area contributed by atoms with Crippen molar-refractivity contribution >= 4 is 40.7 Å². The maximum Gasteiger partial charge on any atom is 0.258 e. The highest BCUT2D eigenvalue weighted by molar-refractivity contribution is 7.81. The smallest absolute Gasteiger partial charge is 0.258 e. The molecule has 0 radical (unpaired) electrons. The van der Waals surface area contributed by atoms with Crippen molar-refractivity contribution in [2.24, 2.45) is 33.5 Å². The zero-order valence-corrected chi connectivity index (χ0v) is 38.8. The average Bonchev–Trinajstić information content (AvgIpc) is 3.90. The number of fused-ring (bicyclic) bond motifs is 1. The van der Waals surface area contributed by atoms with Gasteiger partial charge >= 0.3 is 0 Å². The molecule has 2 aliphatic heterocycles. The fourth-order valence-corrected chi connectivity index (χ4v) is 13.3. The molecule has 14 heteroatoms. The van der Waals surface area contributed by atoms with Crippen LogP contribution in [0.4, 0.5) is 0 Å². The predicted molar refractivity (Wildman–Crippen MR) is 230 cm³/mol. The molecule has 59 heavy (non-hydrogen) atoms. The van der Waals surface area contributed by atoms with Crippen LogP contribution in [0, 0.1) is 33.5 Å². The van der Waals surface area contributed by atoms with Gasteiger partial charge in [-0.05, 0) is 99.8 Å². The van der Waals surface area contributed by atoms with Crippen molar-refractivity contribution in [1.29, 1.82) is 0 Å². The molecule has 6 fully saturated rings. The maximum absolute atomic E-state index is 15.3. The van der Waals surface area contributed by atoms with E-state index in [0.29, 0.717) is 38.9 Å². The number of carbonyl (C=O) groups excluding carboxylic acids is 5. The Morgan fingerprint density at radius 2 is 1.46 bits per heavy atom. The lowest BCUT2D eigenvalue weighted by molar-refractivity contribution is -0.145. The molecule has 13 nitrogen and oxygen atoms in total. The van der Waals surface area contributed by atoms with E-state index >= 15 is 4.79 Å². The van der Waals surface area contributed by atoms with Gasteiger partial charge in [-0.25, -0.2) is 8.51 Å². The molecule has 4 N–H and O–H groups in total. The molecule has 6 rings (SSSR count). The van der Waals surface area contributed by atoms with Crippen LogP contribution < -0.4 is 20.7 Å². The van der Waals surface area contributed by atoms with E-state index in [1.54, 1.807) is 9.21 Å². The Hall–Kier alpha value is -2.58. The molecular weight excluding hydrogens is 767 g/mol. The summed E-state index contributed by atoms with van der Waals surface area (Å²) in [5.74, 6) is -1.77. The molecule has 2 saturated heterocycles. The molecule has 2 heterocycles. The van der Waals surface area contributed by atoms with Gasteiger partial charge in [0.25, 0.3) is 5.91 Å². The second kappa shape index (κ2) is 17.3. The second-order valence-corrected chi connectivity index (χ2v) is 22.1. The lowest BCUT2D eigenvalue weighted by Crippen LogP contribution is -2.63. The molecule has 0 bridgehead atoms. The molecule has 0 aromatic rings. The summed E-state index contributed by atoms with van der Waals surface area (Å²) in [6.07, 6.45) is 12.3. The molecule has 4 aliphatic carbocycles. The van der Waals surface area contributed by atoms with Gasteiger partial charge in [-0.15, -0.1) is 0 Å². The van der Waals surface area contributed by atoms with Crippen LogP contribution in [0.1, 0.15) is 159 Å². The van der Waals surface area contributed by atoms with Crippen molar-refractivity contribution in [3.63, 3.8) is 0 Å². The topological polar surface area (TPSA) is 160 Å². The van der Waals surface area contributed by atoms with Crippen molar-refractivity contribution in [3.05, 3.63) is 0 Å². The van der Waals surface area contributed by atoms with Crippen LogP contribution in [0.25, 0.3) is 0 Å². The first-order valence-electron chi connectivity index (χ1n) is 23.2. The summed E-state index contributed by atoms with van der Waals surface area (Å²) in [7, 11) is 0. The highest BCUT2D eigenvalue weighted by atomic mass is 32.2. The second-order valence-electron chi connectivity index (χ2n) is 20.9. The Bertz CT molecular complexity index is 1630. The Morgan fingerprint density at radius 1 is 0.814 bits per heavy atom. The molecule has 8 atom stereocenters. The molecule has 6 aliphatic rings. The summed E-state index contributed by atoms with van der Waals surface area (Å²) in [6.45, 7) is 22.6. The van der Waals surface area contributed by atoms with Crippen molar-refractivity contribution in [2.45, 2.75) is 195 Å². The van der Waals surface area contributed by atoms with Gasteiger partial charge in [0.2, 0.25) is 23.6 Å². The average molecular weight is 844 g/mol. The van der Waals surface area contributed by atoms with E-state index in [0.717, 1.165) is 77.2 Å². The zero-order valence-electron chi connectivity index (χ0n) is 38.0. The number of likely N-dealkylation sites (tertiary alicyclic amines) is 2. The third-order valence-corrected chi connectivity index (χ3v) is 17.8. The summed E-state index contributed by atoms with van der Waals surface area (Å²) in [6, 6.07) is -2.69. The molecule has 0 aromatic carbocycles. The van der Waals surface area contributed by atoms with Crippen LogP contribution >= 0.6 is 0 Å². The van der Waals surface area contributed by atoms with Crippen LogP contribution in [0.15, 0.2) is 0 Å². The molecule has 2 spiro atoms. The SMILES string of the molecule is CCC1CC1(NC(=O)C1CC2(CN1C(=O)C(NC(=O)C(NC(=O)C1CCCCN1C(C)C)C1CCCCC1)C(C)(C)C)C(C)(C)C21CCC1)C(=O)NS(=O)N(CC)CC. The number of nitrogens with one attached hydrogen (secondary N) is 4. The minimum atomic E-state index is -1.75. The molecule has 5 amide bonds. The van der Waals surface area contributed by atoms with E-state index in [2.05, 4.69) is 53.3 Å². The Balaban J connectivity index is 1.27. The predicted octanol–water partition coefficient (Wildman–Crippen LogP) is 4.96. The van der Waals surface area contributed by atoms with Gasteiger partial charge in [-0.3, -0.25) is 33.6 Å². The van der Waals surface area contributed by atoms with Crippen molar-refractivity contribution in [1.82, 2.24) is 34.8 Å². The van der Waals surface area contributed by atoms with Crippen molar-refractivity contribution in [3.8, 4) is 0 Å². The van der Waals surface area contributed by atoms with Crippen molar-refractivity contribution < 1.29 is 28.2 Å². The van der Waals surface area contributed by atoms with Crippen LogP contribution in [0.2, 0.25) is 0 Å². The third-order valence-electron chi connectivity index (χ3n) is 16.5. The zero-order chi connectivity index (χ0) is 43.3. The number of carbonyl (C=O) groups is 5. The Labute approximate surface area is 357 Å². The van der Waals surface area contributed by atoms with Gasteiger partial charge in [0.05, 0.1) is 6.04 Å². The molecule has 0 aromatic heterocycles. The summed E-state index contributed by atoms with van der Waals surface area (Å²) in [5, 5.41) is 9.56. The fraction of sp³-hybridized carbons (Fsp3) is 0.889. The molecule has 4 saturated carbocycles. The van der Waals surface area contributed by atoms with Crippen LogP contribution in [0.3, 0.4) is 0 Å². The van der Waals surface area contributed by atoms with Gasteiger partial charge in [0, 0.05) is 31.1 Å². The van der Waals surface area contributed by atoms with Gasteiger partial charge < -0.3 is 20.9 Å². The summed E-state index contributed by atoms with van der Waals surface area (Å²) in [4.78, 5) is 76.8. The molecule has 8 unspecified atom stereocenters. The number of hydrogen-bond donors (Lipinski definition) is 4. The summed E-state index contributed by atoms with van der Waals surface area (Å²) < 4.78 is 17.4. The van der Waals surface area contributed by atoms with E-state index in [9.17, 15) is 23.4 Å². The fourth-order valence-electron chi connectivity index (χ4n) is 12.4. The van der Waals surface area contributed by atoms with E-state index in [1.807, 2.05) is 41.5 Å². The first kappa shape index (κ1) is 45.9. The first-order valence-corrected chi connectivity index (χ1v) is 24.3. The van der Waals surface area contributed by atoms with E-state index in [4.69, 9.17) is 0 Å². The highest BCUT2D eigenvalue weighted by Gasteiger charge is 2.85. The highest BCUT2D eigenvalue weighted by Crippen LogP contribution is 2.88. The van der Waals surface area contributed by atoms with Crippen LogP contribution in [-0.2, 0) is 35.1 Å². The monoisotopic (exact) mass is 844 g/mol. The molecular formula is C45H77N7O6S.